The molecule has 1 atom stereocenters. The monoisotopic (exact) mass is 249 g/mol. The van der Waals surface area contributed by atoms with Gasteiger partial charge in [0.15, 0.2) is 0 Å². The molecule has 0 fully saturated rings. The highest BCUT2D eigenvalue weighted by molar-refractivity contribution is 5.71. The second-order valence-corrected chi connectivity index (χ2v) is 4.88. The fourth-order valence-corrected chi connectivity index (χ4v) is 2.15. The number of hydrogen-bond acceptors (Lipinski definition) is 3. The average Bonchev–Trinajstić information content (AvgIpc) is 2.32. The van der Waals surface area contributed by atoms with Crippen LogP contribution in [-0.4, -0.2) is 19.6 Å². The lowest BCUT2D eigenvalue weighted by atomic mass is 9.85. The summed E-state index contributed by atoms with van der Waals surface area (Å²) in [5.41, 5.74) is 3.14. The number of ether oxygens (including phenoxy) is 1. The van der Waals surface area contributed by atoms with Crippen molar-refractivity contribution in [3.05, 3.63) is 34.9 Å². The Hall–Kier alpha value is -1.35. The van der Waals surface area contributed by atoms with Crippen molar-refractivity contribution in [1.29, 1.82) is 0 Å². The molecule has 0 bridgehead atoms. The highest BCUT2D eigenvalue weighted by Crippen LogP contribution is 2.28. The van der Waals surface area contributed by atoms with E-state index in [1.54, 1.807) is 0 Å². The van der Waals surface area contributed by atoms with Gasteiger partial charge in [0.2, 0.25) is 0 Å². The Morgan fingerprint density at radius 1 is 1.39 bits per heavy atom. The van der Waals surface area contributed by atoms with E-state index in [9.17, 15) is 4.79 Å². The summed E-state index contributed by atoms with van der Waals surface area (Å²) >= 11 is 0. The maximum atomic E-state index is 11.7. The van der Waals surface area contributed by atoms with E-state index in [1.807, 2.05) is 20.9 Å². The van der Waals surface area contributed by atoms with Crippen molar-refractivity contribution in [2.45, 2.75) is 39.7 Å². The van der Waals surface area contributed by atoms with Crippen LogP contribution in [0.5, 0.6) is 0 Å². The lowest BCUT2D eigenvalue weighted by molar-refractivity contribution is -0.144. The van der Waals surface area contributed by atoms with Gasteiger partial charge in [-0.3, -0.25) is 4.79 Å². The minimum absolute atomic E-state index is 0.171. The Morgan fingerprint density at radius 3 is 2.61 bits per heavy atom. The molecule has 1 aromatic carbocycles. The first-order valence-electron chi connectivity index (χ1n) is 6.35. The SMILES string of the molecule is CCOC(=O)CC(C)(NC)c1cc(C)ccc1C. The topological polar surface area (TPSA) is 38.3 Å². The fourth-order valence-electron chi connectivity index (χ4n) is 2.15. The van der Waals surface area contributed by atoms with Gasteiger partial charge in [-0.2, -0.15) is 0 Å². The molecular formula is C15H23NO2. The summed E-state index contributed by atoms with van der Waals surface area (Å²) in [4.78, 5) is 11.7. The van der Waals surface area contributed by atoms with E-state index >= 15 is 0 Å². The first-order valence-corrected chi connectivity index (χ1v) is 6.35. The van der Waals surface area contributed by atoms with Crippen LogP contribution in [0.1, 0.15) is 37.0 Å². The fraction of sp³-hybridized carbons (Fsp3) is 0.533. The van der Waals surface area contributed by atoms with E-state index in [1.165, 1.54) is 11.1 Å². The van der Waals surface area contributed by atoms with Crippen molar-refractivity contribution in [3.8, 4) is 0 Å². The molecule has 1 unspecified atom stereocenters. The van der Waals surface area contributed by atoms with Crippen molar-refractivity contribution in [1.82, 2.24) is 5.32 Å². The molecule has 18 heavy (non-hydrogen) atoms. The molecule has 0 spiro atoms. The Bertz CT molecular complexity index is 429. The van der Waals surface area contributed by atoms with Crippen LogP contribution < -0.4 is 5.32 Å². The normalized spacial score (nSPS) is 14.1. The summed E-state index contributed by atoms with van der Waals surface area (Å²) in [5, 5.41) is 3.25. The Morgan fingerprint density at radius 2 is 2.06 bits per heavy atom. The first-order chi connectivity index (χ1) is 8.42. The maximum absolute atomic E-state index is 11.7. The molecule has 3 nitrogen and oxygen atoms in total. The molecule has 0 heterocycles. The number of esters is 1. The molecule has 0 saturated heterocycles. The van der Waals surface area contributed by atoms with Crippen LogP contribution in [0.4, 0.5) is 0 Å². The summed E-state index contributed by atoms with van der Waals surface area (Å²) in [7, 11) is 1.88. The number of carbonyl (C=O) groups is 1. The first kappa shape index (κ1) is 14.7. The summed E-state index contributed by atoms with van der Waals surface area (Å²) < 4.78 is 5.05. The van der Waals surface area contributed by atoms with Crippen LogP contribution in [0.3, 0.4) is 0 Å². The third-order valence-electron chi connectivity index (χ3n) is 3.34. The predicted octanol–water partition coefficient (Wildman–Crippen LogP) is 2.69. The molecule has 0 aliphatic carbocycles. The van der Waals surface area contributed by atoms with E-state index in [0.29, 0.717) is 13.0 Å². The minimum atomic E-state index is -0.387. The number of nitrogens with one attached hydrogen (secondary N) is 1. The summed E-state index contributed by atoms with van der Waals surface area (Å²) in [6.07, 6.45) is 0.335. The molecule has 0 saturated carbocycles. The molecule has 1 aromatic rings. The van der Waals surface area contributed by atoms with Crippen molar-refractivity contribution in [2.75, 3.05) is 13.7 Å². The van der Waals surface area contributed by atoms with Gasteiger partial charge >= 0.3 is 5.97 Å². The van der Waals surface area contributed by atoms with Crippen molar-refractivity contribution < 1.29 is 9.53 Å². The van der Waals surface area contributed by atoms with E-state index in [4.69, 9.17) is 4.74 Å². The molecule has 1 rings (SSSR count). The van der Waals surface area contributed by atoms with Gasteiger partial charge in [0.25, 0.3) is 0 Å². The minimum Gasteiger partial charge on any atom is -0.466 e. The standard InChI is InChI=1S/C15H23NO2/c1-6-18-14(17)10-15(4,16-5)13-9-11(2)7-8-12(13)3/h7-9,16H,6,10H2,1-5H3. The van der Waals surface area contributed by atoms with Gasteiger partial charge in [0, 0.05) is 0 Å². The highest BCUT2D eigenvalue weighted by atomic mass is 16.5. The zero-order chi connectivity index (χ0) is 13.8. The smallest absolute Gasteiger partial charge is 0.307 e. The quantitative estimate of drug-likeness (QED) is 0.815. The second kappa shape index (κ2) is 6.01. The molecule has 0 aliphatic heterocycles. The van der Waals surface area contributed by atoms with Gasteiger partial charge in [-0.25, -0.2) is 0 Å². The van der Waals surface area contributed by atoms with Crippen LogP contribution in [0.25, 0.3) is 0 Å². The van der Waals surface area contributed by atoms with Crippen LogP contribution in [-0.2, 0) is 15.1 Å². The van der Waals surface area contributed by atoms with Gasteiger partial charge in [-0.15, -0.1) is 0 Å². The molecular weight excluding hydrogens is 226 g/mol. The second-order valence-electron chi connectivity index (χ2n) is 4.88. The summed E-state index contributed by atoms with van der Waals surface area (Å²) in [6.45, 7) is 8.41. The number of carbonyl (C=O) groups excluding carboxylic acids is 1. The van der Waals surface area contributed by atoms with Gasteiger partial charge in [0.05, 0.1) is 18.6 Å². The van der Waals surface area contributed by atoms with Crippen LogP contribution in [0, 0.1) is 13.8 Å². The maximum Gasteiger partial charge on any atom is 0.307 e. The van der Waals surface area contributed by atoms with Gasteiger partial charge < -0.3 is 10.1 Å². The van der Waals surface area contributed by atoms with Gasteiger partial charge in [-0.05, 0) is 45.9 Å². The van der Waals surface area contributed by atoms with Crippen molar-refractivity contribution in [2.24, 2.45) is 0 Å². The number of rotatable bonds is 5. The number of aryl methyl sites for hydroxylation is 2. The van der Waals surface area contributed by atoms with E-state index in [-0.39, 0.29) is 11.5 Å². The molecule has 100 valence electrons. The van der Waals surface area contributed by atoms with Gasteiger partial charge in [-0.1, -0.05) is 23.8 Å². The highest BCUT2D eigenvalue weighted by Gasteiger charge is 2.29. The van der Waals surface area contributed by atoms with E-state index in [2.05, 4.69) is 37.4 Å². The predicted molar refractivity (Wildman–Crippen MR) is 73.6 cm³/mol. The average molecular weight is 249 g/mol. The van der Waals surface area contributed by atoms with Crippen LogP contribution in [0.2, 0.25) is 0 Å². The summed E-state index contributed by atoms with van der Waals surface area (Å²) in [6, 6.07) is 6.30. The van der Waals surface area contributed by atoms with Gasteiger partial charge in [0.1, 0.15) is 0 Å². The Balaban J connectivity index is 3.06. The number of hydrogen-bond donors (Lipinski definition) is 1. The zero-order valence-electron chi connectivity index (χ0n) is 12.0. The third-order valence-corrected chi connectivity index (χ3v) is 3.34. The summed E-state index contributed by atoms with van der Waals surface area (Å²) in [5.74, 6) is -0.171. The molecule has 0 amide bonds. The lowest BCUT2D eigenvalue weighted by Crippen LogP contribution is -2.40. The Labute approximate surface area is 110 Å². The third kappa shape index (κ3) is 3.33. The largest absolute Gasteiger partial charge is 0.466 e. The Kier molecular flexibility index (Phi) is 4.91. The van der Waals surface area contributed by atoms with Crippen LogP contribution >= 0.6 is 0 Å². The zero-order valence-corrected chi connectivity index (χ0v) is 12.0. The molecule has 3 heteroatoms. The molecule has 1 N–H and O–H groups in total. The van der Waals surface area contributed by atoms with Crippen LogP contribution in [0.15, 0.2) is 18.2 Å². The van der Waals surface area contributed by atoms with Crippen molar-refractivity contribution in [3.63, 3.8) is 0 Å². The van der Waals surface area contributed by atoms with Crippen molar-refractivity contribution >= 4 is 5.97 Å². The van der Waals surface area contributed by atoms with E-state index < -0.39 is 0 Å². The lowest BCUT2D eigenvalue weighted by Gasteiger charge is -2.30. The number of benzene rings is 1. The molecule has 0 aliphatic rings. The molecule has 0 radical (unpaired) electrons. The molecule has 0 aromatic heterocycles. The van der Waals surface area contributed by atoms with E-state index in [0.717, 1.165) is 5.56 Å².